The summed E-state index contributed by atoms with van der Waals surface area (Å²) in [5.74, 6) is 4.65. The molecule has 34 heavy (non-hydrogen) atoms. The van der Waals surface area contributed by atoms with Gasteiger partial charge in [0.2, 0.25) is 11.8 Å². The van der Waals surface area contributed by atoms with Crippen molar-refractivity contribution in [3.05, 3.63) is 54.7 Å². The Balaban J connectivity index is 1.43. The topological polar surface area (TPSA) is 102 Å². The van der Waals surface area contributed by atoms with Gasteiger partial charge < -0.3 is 29.0 Å². The third kappa shape index (κ3) is 4.25. The first-order chi connectivity index (χ1) is 16.6. The molecule has 5 rings (SSSR count). The number of nitrogens with one attached hydrogen (secondary N) is 1. The van der Waals surface area contributed by atoms with Crippen molar-refractivity contribution in [2.24, 2.45) is 7.05 Å². The molecule has 0 unspecified atom stereocenters. The third-order valence-corrected chi connectivity index (χ3v) is 5.22. The molecule has 0 saturated heterocycles. The van der Waals surface area contributed by atoms with Gasteiger partial charge in [-0.15, -0.1) is 10.2 Å². The number of anilines is 2. The lowest BCUT2D eigenvalue weighted by Gasteiger charge is -2.19. The number of pyridine rings is 1. The Kier molecular flexibility index (Phi) is 5.77. The molecule has 0 aliphatic carbocycles. The summed E-state index contributed by atoms with van der Waals surface area (Å²) in [4.78, 5) is 4.41. The highest BCUT2D eigenvalue weighted by molar-refractivity contribution is 5.66. The standard InChI is InChI=1S/C24H23N5O5/c1-29-22(27-28-24(29)26-15-6-7-20-21(11-15)33-10-9-32-20)19-5-4-8-25-23(19)34-18-13-16(30-2)12-17(14-18)31-3/h4-8,11-14H,9-10H2,1-3H3,(H,26,28). The maximum atomic E-state index is 6.09. The van der Waals surface area contributed by atoms with E-state index in [0.717, 1.165) is 11.4 Å². The summed E-state index contributed by atoms with van der Waals surface area (Å²) < 4.78 is 29.8. The van der Waals surface area contributed by atoms with E-state index in [9.17, 15) is 0 Å². The third-order valence-electron chi connectivity index (χ3n) is 5.22. The number of hydrogen-bond donors (Lipinski definition) is 1. The Morgan fingerprint density at radius 2 is 1.62 bits per heavy atom. The Hall–Kier alpha value is -4.47. The van der Waals surface area contributed by atoms with Gasteiger partial charge in [0.1, 0.15) is 30.5 Å². The predicted octanol–water partition coefficient (Wildman–Crippen LogP) is 4.20. The van der Waals surface area contributed by atoms with E-state index in [1.54, 1.807) is 38.6 Å². The van der Waals surface area contributed by atoms with Crippen LogP contribution in [0.15, 0.2) is 54.7 Å². The van der Waals surface area contributed by atoms with Crippen LogP contribution in [0, 0.1) is 0 Å². The number of ether oxygens (including phenoxy) is 5. The monoisotopic (exact) mass is 461 g/mol. The highest BCUT2D eigenvalue weighted by Crippen LogP contribution is 2.36. The van der Waals surface area contributed by atoms with Gasteiger partial charge in [-0.05, 0) is 24.3 Å². The first-order valence-corrected chi connectivity index (χ1v) is 10.6. The second-order valence-electron chi connectivity index (χ2n) is 7.40. The van der Waals surface area contributed by atoms with E-state index in [1.165, 1.54) is 0 Å². The number of benzene rings is 2. The molecule has 10 nitrogen and oxygen atoms in total. The minimum atomic E-state index is 0.374. The molecule has 1 N–H and O–H groups in total. The van der Waals surface area contributed by atoms with Crippen molar-refractivity contribution in [3.63, 3.8) is 0 Å². The molecule has 10 heteroatoms. The lowest BCUT2D eigenvalue weighted by Crippen LogP contribution is -2.15. The molecule has 3 heterocycles. The van der Waals surface area contributed by atoms with Gasteiger partial charge in [0.25, 0.3) is 0 Å². The summed E-state index contributed by atoms with van der Waals surface area (Å²) in [5.41, 5.74) is 1.48. The van der Waals surface area contributed by atoms with Gasteiger partial charge >= 0.3 is 0 Å². The van der Waals surface area contributed by atoms with Crippen LogP contribution >= 0.6 is 0 Å². The van der Waals surface area contributed by atoms with E-state index in [4.69, 9.17) is 23.7 Å². The highest BCUT2D eigenvalue weighted by atomic mass is 16.6. The quantitative estimate of drug-likeness (QED) is 0.434. The maximum Gasteiger partial charge on any atom is 0.230 e. The van der Waals surface area contributed by atoms with Gasteiger partial charge in [0, 0.05) is 43.2 Å². The molecule has 0 spiro atoms. The zero-order chi connectivity index (χ0) is 23.5. The van der Waals surface area contributed by atoms with E-state index in [-0.39, 0.29) is 0 Å². The molecule has 0 fully saturated rings. The van der Waals surface area contributed by atoms with Crippen molar-refractivity contribution >= 4 is 11.6 Å². The molecule has 0 radical (unpaired) electrons. The lowest BCUT2D eigenvalue weighted by atomic mass is 10.2. The molecule has 174 valence electrons. The normalized spacial score (nSPS) is 12.2. The van der Waals surface area contributed by atoms with Crippen molar-refractivity contribution in [1.82, 2.24) is 19.7 Å². The highest BCUT2D eigenvalue weighted by Gasteiger charge is 2.18. The van der Waals surface area contributed by atoms with Crippen LogP contribution in [-0.4, -0.2) is 47.2 Å². The second kappa shape index (κ2) is 9.18. The van der Waals surface area contributed by atoms with Crippen LogP contribution in [0.3, 0.4) is 0 Å². The van der Waals surface area contributed by atoms with Crippen molar-refractivity contribution in [2.75, 3.05) is 32.8 Å². The Morgan fingerprint density at radius 3 is 2.38 bits per heavy atom. The molecule has 4 aromatic rings. The number of rotatable bonds is 7. The van der Waals surface area contributed by atoms with Crippen molar-refractivity contribution in [1.29, 1.82) is 0 Å². The van der Waals surface area contributed by atoms with E-state index in [2.05, 4.69) is 20.5 Å². The van der Waals surface area contributed by atoms with Crippen LogP contribution in [0.25, 0.3) is 11.4 Å². The van der Waals surface area contributed by atoms with Crippen LogP contribution in [0.4, 0.5) is 11.6 Å². The fourth-order valence-corrected chi connectivity index (χ4v) is 3.52. The van der Waals surface area contributed by atoms with Crippen LogP contribution in [-0.2, 0) is 7.05 Å². The van der Waals surface area contributed by atoms with E-state index in [0.29, 0.717) is 59.4 Å². The Bertz CT molecular complexity index is 1300. The summed E-state index contributed by atoms with van der Waals surface area (Å²) >= 11 is 0. The molecule has 2 aromatic heterocycles. The van der Waals surface area contributed by atoms with Crippen molar-refractivity contribution < 1.29 is 23.7 Å². The Labute approximate surface area is 196 Å². The molecule has 2 aromatic carbocycles. The van der Waals surface area contributed by atoms with E-state index < -0.39 is 0 Å². The van der Waals surface area contributed by atoms with Gasteiger partial charge in [0.15, 0.2) is 17.3 Å². The van der Waals surface area contributed by atoms with E-state index >= 15 is 0 Å². The molecule has 0 bridgehead atoms. The molecule has 1 aliphatic rings. The minimum Gasteiger partial charge on any atom is -0.496 e. The van der Waals surface area contributed by atoms with Crippen LogP contribution in [0.2, 0.25) is 0 Å². The van der Waals surface area contributed by atoms with Crippen molar-refractivity contribution in [2.45, 2.75) is 0 Å². The number of nitrogens with zero attached hydrogens (tertiary/aromatic N) is 4. The number of aromatic nitrogens is 4. The fraction of sp³-hybridized carbons (Fsp3) is 0.208. The largest absolute Gasteiger partial charge is 0.496 e. The predicted molar refractivity (Wildman–Crippen MR) is 125 cm³/mol. The second-order valence-corrected chi connectivity index (χ2v) is 7.40. The Morgan fingerprint density at radius 1 is 0.882 bits per heavy atom. The summed E-state index contributed by atoms with van der Waals surface area (Å²) in [7, 11) is 5.03. The number of methoxy groups -OCH3 is 2. The SMILES string of the molecule is COc1cc(OC)cc(Oc2ncccc2-c2nnc(Nc3ccc4c(c3)OCCO4)n2C)c1. The van der Waals surface area contributed by atoms with Crippen LogP contribution in [0.1, 0.15) is 0 Å². The molecule has 0 atom stereocenters. The van der Waals surface area contributed by atoms with Crippen LogP contribution in [0.5, 0.6) is 34.6 Å². The lowest BCUT2D eigenvalue weighted by molar-refractivity contribution is 0.171. The first kappa shape index (κ1) is 21.4. The van der Waals surface area contributed by atoms with Gasteiger partial charge in [-0.2, -0.15) is 0 Å². The van der Waals surface area contributed by atoms with Gasteiger partial charge in [-0.1, -0.05) is 0 Å². The smallest absolute Gasteiger partial charge is 0.230 e. The molecule has 0 amide bonds. The average molecular weight is 461 g/mol. The number of fused-ring (bicyclic) bond motifs is 1. The summed E-state index contributed by atoms with van der Waals surface area (Å²) in [5, 5.41) is 11.9. The zero-order valence-electron chi connectivity index (χ0n) is 18.9. The van der Waals surface area contributed by atoms with Gasteiger partial charge in [-0.25, -0.2) is 4.98 Å². The van der Waals surface area contributed by atoms with Crippen LogP contribution < -0.4 is 29.0 Å². The summed E-state index contributed by atoms with van der Waals surface area (Å²) in [6, 6.07) is 14.6. The molecular weight excluding hydrogens is 438 g/mol. The van der Waals surface area contributed by atoms with Gasteiger partial charge in [0.05, 0.1) is 19.8 Å². The summed E-state index contributed by atoms with van der Waals surface area (Å²) in [6.07, 6.45) is 1.65. The number of hydrogen-bond acceptors (Lipinski definition) is 9. The van der Waals surface area contributed by atoms with E-state index in [1.807, 2.05) is 41.9 Å². The zero-order valence-corrected chi connectivity index (χ0v) is 18.9. The fourth-order valence-electron chi connectivity index (χ4n) is 3.52. The minimum absolute atomic E-state index is 0.374. The van der Waals surface area contributed by atoms with Gasteiger partial charge in [-0.3, -0.25) is 4.57 Å². The molecule has 1 aliphatic heterocycles. The summed E-state index contributed by atoms with van der Waals surface area (Å²) in [6.45, 7) is 1.07. The average Bonchev–Trinajstić information content (AvgIpc) is 3.23. The maximum absolute atomic E-state index is 6.09. The molecule has 0 saturated carbocycles. The first-order valence-electron chi connectivity index (χ1n) is 10.6. The van der Waals surface area contributed by atoms with Crippen molar-refractivity contribution in [3.8, 4) is 46.0 Å². The molecular formula is C24H23N5O5.